The molecule has 4 rings (SSSR count). The minimum Gasteiger partial charge on any atom is -0.467 e. The highest BCUT2D eigenvalue weighted by atomic mass is 32.1. The van der Waals surface area contributed by atoms with Gasteiger partial charge >= 0.3 is 0 Å². The summed E-state index contributed by atoms with van der Waals surface area (Å²) in [6.45, 7) is 0. The first-order valence-corrected chi connectivity index (χ1v) is 11.4. The van der Waals surface area contributed by atoms with Crippen molar-refractivity contribution in [3.8, 4) is 0 Å². The number of hydrogen-bond donors (Lipinski definition) is 1. The second-order valence-electron chi connectivity index (χ2n) is 7.73. The Hall–Kier alpha value is -2.93. The molecule has 1 aliphatic carbocycles. The minimum absolute atomic E-state index is 0.0496. The van der Waals surface area contributed by atoms with Crippen molar-refractivity contribution in [1.29, 1.82) is 0 Å². The van der Waals surface area contributed by atoms with Gasteiger partial charge in [0.05, 0.1) is 18.4 Å². The van der Waals surface area contributed by atoms with Crippen molar-refractivity contribution in [2.24, 2.45) is 0 Å². The predicted octanol–water partition coefficient (Wildman–Crippen LogP) is 5.25. The number of thiophene rings is 1. The van der Waals surface area contributed by atoms with E-state index in [0.717, 1.165) is 37.0 Å². The number of hydrogen-bond acceptors (Lipinski definition) is 4. The van der Waals surface area contributed by atoms with Gasteiger partial charge in [0.2, 0.25) is 5.91 Å². The lowest BCUT2D eigenvalue weighted by atomic mass is 9.95. The van der Waals surface area contributed by atoms with Gasteiger partial charge in [-0.05, 0) is 48.6 Å². The van der Waals surface area contributed by atoms with E-state index in [4.69, 9.17) is 4.42 Å². The molecule has 3 aromatic rings. The fourth-order valence-corrected chi connectivity index (χ4v) is 4.76. The van der Waals surface area contributed by atoms with Crippen molar-refractivity contribution in [3.05, 3.63) is 76.6 Å². The second-order valence-corrected chi connectivity index (χ2v) is 8.77. The van der Waals surface area contributed by atoms with Crippen molar-refractivity contribution >= 4 is 28.8 Å². The van der Waals surface area contributed by atoms with E-state index in [1.807, 2.05) is 17.5 Å². The molecular weight excluding hydrogens is 415 g/mol. The lowest BCUT2D eigenvalue weighted by Gasteiger charge is -2.32. The van der Waals surface area contributed by atoms with Crippen LogP contribution in [-0.4, -0.2) is 17.9 Å². The molecule has 2 heterocycles. The Labute approximate surface area is 184 Å². The molecule has 0 saturated heterocycles. The summed E-state index contributed by atoms with van der Waals surface area (Å²) in [6, 6.07) is 12.0. The van der Waals surface area contributed by atoms with Gasteiger partial charge in [-0.1, -0.05) is 37.5 Å². The predicted molar refractivity (Wildman–Crippen MR) is 118 cm³/mol. The summed E-state index contributed by atoms with van der Waals surface area (Å²) < 4.78 is 20.4. The van der Waals surface area contributed by atoms with E-state index < -0.39 is 11.9 Å². The number of carbonyl (C=O) groups is 2. The molecule has 1 aromatic carbocycles. The molecule has 0 radical (unpaired) electrons. The number of furan rings is 1. The molecule has 0 spiro atoms. The molecule has 1 saturated carbocycles. The van der Waals surface area contributed by atoms with Crippen LogP contribution in [0.25, 0.3) is 0 Å². The molecule has 1 aliphatic rings. The maximum Gasteiger partial charge on any atom is 0.251 e. The molecule has 7 heteroatoms. The Kier molecular flexibility index (Phi) is 6.82. The lowest BCUT2D eigenvalue weighted by Crippen LogP contribution is -2.47. The van der Waals surface area contributed by atoms with Crippen LogP contribution in [0.4, 0.5) is 10.1 Å². The molecule has 0 aliphatic heterocycles. The summed E-state index contributed by atoms with van der Waals surface area (Å²) in [6.07, 6.45) is 6.61. The van der Waals surface area contributed by atoms with E-state index in [1.54, 1.807) is 24.3 Å². The Morgan fingerprint density at radius 3 is 2.58 bits per heavy atom. The van der Waals surface area contributed by atoms with Crippen LogP contribution in [0, 0.1) is 5.82 Å². The van der Waals surface area contributed by atoms with Crippen molar-refractivity contribution in [2.45, 2.75) is 50.6 Å². The number of nitrogens with one attached hydrogen (secondary N) is 1. The first-order valence-electron chi connectivity index (χ1n) is 10.6. The van der Waals surface area contributed by atoms with Crippen LogP contribution >= 0.6 is 11.3 Å². The Bertz CT molecular complexity index is 998. The Morgan fingerprint density at radius 2 is 1.90 bits per heavy atom. The van der Waals surface area contributed by atoms with E-state index in [2.05, 4.69) is 5.32 Å². The molecular formula is C24H25FN2O3S. The van der Waals surface area contributed by atoms with Crippen molar-refractivity contribution in [2.75, 3.05) is 4.90 Å². The third-order valence-electron chi connectivity index (χ3n) is 5.56. The van der Waals surface area contributed by atoms with Gasteiger partial charge in [-0.15, -0.1) is 11.3 Å². The third kappa shape index (κ3) is 5.05. The fraction of sp³-hybridized carbons (Fsp3) is 0.333. The van der Waals surface area contributed by atoms with E-state index in [0.29, 0.717) is 5.76 Å². The second kappa shape index (κ2) is 9.92. The van der Waals surface area contributed by atoms with Crippen molar-refractivity contribution in [1.82, 2.24) is 5.32 Å². The fourth-order valence-electron chi connectivity index (χ4n) is 4.06. The highest BCUT2D eigenvalue weighted by Crippen LogP contribution is 2.32. The van der Waals surface area contributed by atoms with E-state index in [1.165, 1.54) is 34.6 Å². The summed E-state index contributed by atoms with van der Waals surface area (Å²) in [7, 11) is 0. The normalized spacial score (nSPS) is 15.4. The van der Waals surface area contributed by atoms with Gasteiger partial charge in [-0.3, -0.25) is 14.5 Å². The van der Waals surface area contributed by atoms with Gasteiger partial charge in [0.15, 0.2) is 6.04 Å². The highest BCUT2D eigenvalue weighted by molar-refractivity contribution is 7.10. The summed E-state index contributed by atoms with van der Waals surface area (Å²) >= 11 is 1.45. The smallest absolute Gasteiger partial charge is 0.251 e. The molecule has 1 N–H and O–H groups in total. The SMILES string of the molecule is O=C(NC1CCCCC1)[C@H](c1ccco1)N(C(=O)Cc1cccs1)c1ccccc1F. The lowest BCUT2D eigenvalue weighted by molar-refractivity contribution is -0.127. The summed E-state index contributed by atoms with van der Waals surface area (Å²) in [5, 5.41) is 4.96. The van der Waals surface area contributed by atoms with Crippen LogP contribution < -0.4 is 10.2 Å². The zero-order chi connectivity index (χ0) is 21.6. The van der Waals surface area contributed by atoms with Gasteiger partial charge < -0.3 is 9.73 Å². The number of para-hydroxylation sites is 1. The van der Waals surface area contributed by atoms with Gasteiger partial charge in [-0.2, -0.15) is 0 Å². The molecule has 0 unspecified atom stereocenters. The maximum absolute atomic E-state index is 14.8. The highest BCUT2D eigenvalue weighted by Gasteiger charge is 2.37. The molecule has 1 fully saturated rings. The van der Waals surface area contributed by atoms with E-state index >= 15 is 0 Å². The van der Waals surface area contributed by atoms with Gasteiger partial charge in [0.25, 0.3) is 5.91 Å². The zero-order valence-corrected chi connectivity index (χ0v) is 17.9. The molecule has 162 valence electrons. The average Bonchev–Trinajstić information content (AvgIpc) is 3.47. The number of carbonyl (C=O) groups excluding carboxylic acids is 2. The Morgan fingerprint density at radius 1 is 1.10 bits per heavy atom. The Balaban J connectivity index is 1.71. The van der Waals surface area contributed by atoms with Crippen LogP contribution in [0.2, 0.25) is 0 Å². The quantitative estimate of drug-likeness (QED) is 0.546. The largest absolute Gasteiger partial charge is 0.467 e. The number of nitrogens with zero attached hydrogens (tertiary/aromatic N) is 1. The van der Waals surface area contributed by atoms with Crippen molar-refractivity contribution in [3.63, 3.8) is 0 Å². The minimum atomic E-state index is -1.10. The molecule has 5 nitrogen and oxygen atoms in total. The van der Waals surface area contributed by atoms with Gasteiger partial charge in [-0.25, -0.2) is 4.39 Å². The van der Waals surface area contributed by atoms with Crippen LogP contribution in [-0.2, 0) is 16.0 Å². The third-order valence-corrected chi connectivity index (χ3v) is 6.43. The molecule has 31 heavy (non-hydrogen) atoms. The number of rotatable bonds is 7. The van der Waals surface area contributed by atoms with Crippen LogP contribution in [0.1, 0.15) is 48.8 Å². The van der Waals surface area contributed by atoms with E-state index in [-0.39, 0.29) is 30.0 Å². The first-order chi connectivity index (χ1) is 15.1. The zero-order valence-electron chi connectivity index (χ0n) is 17.1. The number of benzene rings is 1. The summed E-state index contributed by atoms with van der Waals surface area (Å²) in [5.74, 6) is -0.988. The standard InChI is InChI=1S/C24H25FN2O3S/c25-19-11-4-5-12-20(19)27(22(28)16-18-10-7-15-31-18)23(21-13-6-14-30-21)24(29)26-17-8-2-1-3-9-17/h4-7,10-15,17,23H,1-3,8-9,16H2,(H,26,29)/t23-/m0/s1. The number of halogens is 1. The number of amides is 2. The molecule has 2 amide bonds. The van der Waals surface area contributed by atoms with E-state index in [9.17, 15) is 14.0 Å². The van der Waals surface area contributed by atoms with Gasteiger partial charge in [0.1, 0.15) is 11.6 Å². The van der Waals surface area contributed by atoms with Crippen LogP contribution in [0.3, 0.4) is 0 Å². The van der Waals surface area contributed by atoms with Crippen molar-refractivity contribution < 1.29 is 18.4 Å². The average molecular weight is 441 g/mol. The summed E-state index contributed by atoms with van der Waals surface area (Å²) in [4.78, 5) is 29.0. The monoisotopic (exact) mass is 440 g/mol. The molecule has 0 bridgehead atoms. The molecule has 2 aromatic heterocycles. The maximum atomic E-state index is 14.8. The topological polar surface area (TPSA) is 62.6 Å². The molecule has 1 atom stereocenters. The van der Waals surface area contributed by atoms with Crippen LogP contribution in [0.5, 0.6) is 0 Å². The van der Waals surface area contributed by atoms with Crippen LogP contribution in [0.15, 0.2) is 64.6 Å². The summed E-state index contributed by atoms with van der Waals surface area (Å²) in [5.41, 5.74) is 0.0595. The van der Waals surface area contributed by atoms with Gasteiger partial charge in [0, 0.05) is 10.9 Å². The first kappa shape index (κ1) is 21.3. The number of anilines is 1.